The van der Waals surface area contributed by atoms with Crippen LogP contribution in [0.15, 0.2) is 36.9 Å². The summed E-state index contributed by atoms with van der Waals surface area (Å²) in [6.45, 7) is 8.55. The fourth-order valence-electron chi connectivity index (χ4n) is 7.96. The Bertz CT molecular complexity index is 1640. The van der Waals surface area contributed by atoms with Crippen LogP contribution in [-0.4, -0.2) is 82.8 Å². The predicted molar refractivity (Wildman–Crippen MR) is 169 cm³/mol. The number of ether oxygens (including phenoxy) is 1. The molecule has 0 N–H and O–H groups in total. The lowest BCUT2D eigenvalue weighted by Gasteiger charge is -2.40. The van der Waals surface area contributed by atoms with Gasteiger partial charge in [-0.05, 0) is 80.8 Å². The van der Waals surface area contributed by atoms with E-state index in [1.807, 2.05) is 19.1 Å². The maximum atomic E-state index is 16.9. The standard InChI is InChI=1S/C34H38ClF2N5O2/c1-3-28(43)40-14-15-42(21(2)18-40)32-26-16-27(35)29(25-11-6-9-22-8-4-5-10-24(22)25)30(37)31(26)38-33(39-32)44-20-34-12-7-13-41(34)19-23(36)17-34/h3,6,9,11,16,21,23H,1,4-5,7-8,10,12-15,17-20H2,2H3/t21-,23+,34-/m0/s1. The first-order chi connectivity index (χ1) is 21.3. The summed E-state index contributed by atoms with van der Waals surface area (Å²) in [7, 11) is 0. The molecule has 3 atom stereocenters. The molecule has 7 rings (SSSR count). The average molecular weight is 622 g/mol. The van der Waals surface area contributed by atoms with Crippen LogP contribution in [0.25, 0.3) is 22.0 Å². The van der Waals surface area contributed by atoms with E-state index in [4.69, 9.17) is 21.3 Å². The van der Waals surface area contributed by atoms with Crippen LogP contribution < -0.4 is 9.64 Å². The first-order valence-corrected chi connectivity index (χ1v) is 16.2. The molecule has 4 heterocycles. The quantitative estimate of drug-likeness (QED) is 0.308. The maximum Gasteiger partial charge on any atom is 0.319 e. The number of carbonyl (C=O) groups excluding carboxylic acids is 1. The minimum atomic E-state index is -0.888. The fourth-order valence-corrected chi connectivity index (χ4v) is 8.25. The Morgan fingerprint density at radius 1 is 1.18 bits per heavy atom. The highest BCUT2D eigenvalue weighted by molar-refractivity contribution is 6.34. The molecule has 3 aromatic rings. The summed E-state index contributed by atoms with van der Waals surface area (Å²) < 4.78 is 37.6. The number of carbonyl (C=O) groups is 1. The Morgan fingerprint density at radius 2 is 2.02 bits per heavy atom. The highest BCUT2D eigenvalue weighted by Gasteiger charge is 2.49. The summed E-state index contributed by atoms with van der Waals surface area (Å²) in [6.07, 6.45) is 6.70. The molecular formula is C34H38ClF2N5O2. The Kier molecular flexibility index (Phi) is 7.73. The zero-order chi connectivity index (χ0) is 30.6. The molecule has 0 saturated carbocycles. The predicted octanol–water partition coefficient (Wildman–Crippen LogP) is 6.15. The number of benzene rings is 2. The molecule has 3 saturated heterocycles. The minimum Gasteiger partial charge on any atom is -0.461 e. The van der Waals surface area contributed by atoms with Gasteiger partial charge in [-0.25, -0.2) is 8.78 Å². The van der Waals surface area contributed by atoms with Gasteiger partial charge in [0.15, 0.2) is 5.82 Å². The topological polar surface area (TPSA) is 61.8 Å². The number of amides is 1. The lowest BCUT2D eigenvalue weighted by Crippen LogP contribution is -2.53. The number of aryl methyl sites for hydroxylation is 1. The first kappa shape index (κ1) is 29.4. The fraction of sp³-hybridized carbons (Fsp3) is 0.500. The van der Waals surface area contributed by atoms with Crippen molar-refractivity contribution in [3.8, 4) is 17.1 Å². The molecule has 232 valence electrons. The van der Waals surface area contributed by atoms with Gasteiger partial charge in [0.1, 0.15) is 24.1 Å². The molecule has 3 fully saturated rings. The summed E-state index contributed by atoms with van der Waals surface area (Å²) in [5, 5.41) is 0.801. The van der Waals surface area contributed by atoms with Crippen LogP contribution in [0.4, 0.5) is 14.6 Å². The monoisotopic (exact) mass is 621 g/mol. The van der Waals surface area contributed by atoms with Crippen molar-refractivity contribution < 1.29 is 18.3 Å². The van der Waals surface area contributed by atoms with Crippen molar-refractivity contribution in [3.05, 3.63) is 58.9 Å². The van der Waals surface area contributed by atoms with Crippen LogP contribution in [0, 0.1) is 5.82 Å². The first-order valence-electron chi connectivity index (χ1n) is 15.8. The van der Waals surface area contributed by atoms with Crippen LogP contribution in [-0.2, 0) is 17.6 Å². The van der Waals surface area contributed by atoms with Crippen molar-refractivity contribution in [1.82, 2.24) is 19.8 Å². The Morgan fingerprint density at radius 3 is 2.84 bits per heavy atom. The van der Waals surface area contributed by atoms with E-state index in [2.05, 4.69) is 27.4 Å². The van der Waals surface area contributed by atoms with Gasteiger partial charge in [0.05, 0.1) is 10.6 Å². The molecule has 1 aromatic heterocycles. The second-order valence-electron chi connectivity index (χ2n) is 12.8. The second kappa shape index (κ2) is 11.6. The van der Waals surface area contributed by atoms with Gasteiger partial charge in [0.2, 0.25) is 5.91 Å². The highest BCUT2D eigenvalue weighted by atomic mass is 35.5. The highest BCUT2D eigenvalue weighted by Crippen LogP contribution is 2.43. The van der Waals surface area contributed by atoms with E-state index in [0.29, 0.717) is 54.4 Å². The van der Waals surface area contributed by atoms with Crippen molar-refractivity contribution in [2.45, 2.75) is 69.6 Å². The Labute approximate surface area is 261 Å². The Balaban J connectivity index is 1.33. The van der Waals surface area contributed by atoms with Crippen LogP contribution in [0.1, 0.15) is 50.2 Å². The van der Waals surface area contributed by atoms with Gasteiger partial charge in [-0.1, -0.05) is 36.4 Å². The normalized spacial score (nSPS) is 25.3. The summed E-state index contributed by atoms with van der Waals surface area (Å²) in [6, 6.07) is 7.75. The third-order valence-electron chi connectivity index (χ3n) is 10.1. The molecule has 7 nitrogen and oxygen atoms in total. The third-order valence-corrected chi connectivity index (χ3v) is 10.4. The Hall–Kier alpha value is -3.30. The molecule has 4 aliphatic rings. The maximum absolute atomic E-state index is 16.9. The summed E-state index contributed by atoms with van der Waals surface area (Å²) in [5.74, 6) is -0.110. The van der Waals surface area contributed by atoms with Crippen molar-refractivity contribution in [3.63, 3.8) is 0 Å². The van der Waals surface area contributed by atoms with Crippen molar-refractivity contribution >= 4 is 34.2 Å². The number of hydrogen-bond acceptors (Lipinski definition) is 6. The molecule has 1 aliphatic carbocycles. The van der Waals surface area contributed by atoms with Crippen LogP contribution in [0.2, 0.25) is 5.02 Å². The van der Waals surface area contributed by atoms with E-state index in [1.54, 1.807) is 11.0 Å². The SMILES string of the molecule is C=CC(=O)N1CCN(c2nc(OC[C@@]34CCCN3C[C@H](F)C4)nc3c(F)c(-c4cccc5c4CCCC5)c(Cl)cc23)[C@@H](C)C1. The number of aromatic nitrogens is 2. The van der Waals surface area contributed by atoms with Gasteiger partial charge in [-0.15, -0.1) is 0 Å². The summed E-state index contributed by atoms with van der Waals surface area (Å²) in [5.41, 5.74) is 3.28. The van der Waals surface area contributed by atoms with E-state index in [-0.39, 0.29) is 30.1 Å². The second-order valence-corrected chi connectivity index (χ2v) is 13.2. The van der Waals surface area contributed by atoms with Crippen LogP contribution >= 0.6 is 11.6 Å². The van der Waals surface area contributed by atoms with Crippen molar-refractivity contribution in [2.24, 2.45) is 0 Å². The molecule has 0 radical (unpaired) electrons. The van der Waals surface area contributed by atoms with Gasteiger partial charge >= 0.3 is 6.01 Å². The number of piperazine rings is 1. The van der Waals surface area contributed by atoms with Crippen LogP contribution in [0.5, 0.6) is 6.01 Å². The number of halogens is 3. The molecule has 10 heteroatoms. The van der Waals surface area contributed by atoms with Crippen molar-refractivity contribution in [1.29, 1.82) is 0 Å². The van der Waals surface area contributed by atoms with Gasteiger partial charge in [-0.3, -0.25) is 9.69 Å². The number of fused-ring (bicyclic) bond motifs is 3. The molecular weight excluding hydrogens is 584 g/mol. The minimum absolute atomic E-state index is 0.0649. The molecule has 0 spiro atoms. The van der Waals surface area contributed by atoms with E-state index in [0.717, 1.165) is 56.2 Å². The smallest absolute Gasteiger partial charge is 0.319 e. The molecule has 44 heavy (non-hydrogen) atoms. The lowest BCUT2D eigenvalue weighted by atomic mass is 9.85. The number of rotatable bonds is 6. The number of hydrogen-bond donors (Lipinski definition) is 0. The molecule has 0 bridgehead atoms. The van der Waals surface area contributed by atoms with E-state index in [1.165, 1.54) is 11.6 Å². The summed E-state index contributed by atoms with van der Waals surface area (Å²) >= 11 is 6.93. The van der Waals surface area contributed by atoms with Gasteiger partial charge in [-0.2, -0.15) is 9.97 Å². The van der Waals surface area contributed by atoms with Crippen molar-refractivity contribution in [2.75, 3.05) is 44.2 Å². The number of alkyl halides is 1. The molecule has 0 unspecified atom stereocenters. The zero-order valence-electron chi connectivity index (χ0n) is 25.1. The van der Waals surface area contributed by atoms with Gasteiger partial charge in [0.25, 0.3) is 0 Å². The number of nitrogens with zero attached hydrogens (tertiary/aromatic N) is 5. The van der Waals surface area contributed by atoms with Gasteiger partial charge in [0, 0.05) is 49.6 Å². The largest absolute Gasteiger partial charge is 0.461 e. The van der Waals surface area contributed by atoms with Crippen LogP contribution in [0.3, 0.4) is 0 Å². The zero-order valence-corrected chi connectivity index (χ0v) is 25.9. The summed E-state index contributed by atoms with van der Waals surface area (Å²) in [4.78, 5) is 27.8. The average Bonchev–Trinajstić information content (AvgIpc) is 3.55. The van der Waals surface area contributed by atoms with E-state index < -0.39 is 17.5 Å². The third kappa shape index (κ3) is 5.02. The molecule has 1 amide bonds. The number of anilines is 1. The molecule has 2 aromatic carbocycles. The van der Waals surface area contributed by atoms with Gasteiger partial charge < -0.3 is 14.5 Å². The lowest BCUT2D eigenvalue weighted by molar-refractivity contribution is -0.126. The van der Waals surface area contributed by atoms with E-state index >= 15 is 4.39 Å². The van der Waals surface area contributed by atoms with E-state index in [9.17, 15) is 9.18 Å². The molecule has 3 aliphatic heterocycles.